The molecule has 3 aromatic rings. The number of nitrogens with one attached hydrogen (secondary N) is 1. The van der Waals surface area contributed by atoms with E-state index in [9.17, 15) is 13.2 Å². The number of hydrogen-bond acceptors (Lipinski definition) is 5. The monoisotopic (exact) mass is 352 g/mol. The summed E-state index contributed by atoms with van der Waals surface area (Å²) in [7, 11) is 0. The van der Waals surface area contributed by atoms with Crippen LogP contribution in [-0.4, -0.2) is 15.0 Å². The molecule has 4 nitrogen and oxygen atoms in total. The fraction of sp³-hybridized carbons (Fsp3) is 0.188. The van der Waals surface area contributed by atoms with E-state index >= 15 is 0 Å². The number of alkyl halides is 3. The van der Waals surface area contributed by atoms with Gasteiger partial charge >= 0.3 is 6.18 Å². The van der Waals surface area contributed by atoms with Crippen LogP contribution in [0.15, 0.2) is 48.1 Å². The molecular formula is C16H15F3N4S. The van der Waals surface area contributed by atoms with Crippen molar-refractivity contribution in [2.24, 2.45) is 0 Å². The van der Waals surface area contributed by atoms with Crippen LogP contribution in [0.1, 0.15) is 16.3 Å². The molecule has 0 fully saturated rings. The zero-order chi connectivity index (χ0) is 17.6. The van der Waals surface area contributed by atoms with Crippen molar-refractivity contribution in [2.75, 3.05) is 5.32 Å². The van der Waals surface area contributed by atoms with E-state index in [1.165, 1.54) is 0 Å². The topological polar surface area (TPSA) is 50.7 Å². The Hall–Kier alpha value is -2.48. The fourth-order valence-corrected chi connectivity index (χ4v) is 2.16. The first-order chi connectivity index (χ1) is 11.3. The Bertz CT molecular complexity index is 773. The molecule has 0 radical (unpaired) electrons. The van der Waals surface area contributed by atoms with Gasteiger partial charge in [-0.15, -0.1) is 11.3 Å². The number of rotatable bonds is 2. The largest absolute Gasteiger partial charge is 0.433 e. The predicted octanol–water partition coefficient (Wildman–Crippen LogP) is 5.00. The maximum atomic E-state index is 12.5. The van der Waals surface area contributed by atoms with Gasteiger partial charge in [0.1, 0.15) is 5.69 Å². The van der Waals surface area contributed by atoms with Gasteiger partial charge in [-0.25, -0.2) is 9.97 Å². The van der Waals surface area contributed by atoms with Crippen molar-refractivity contribution in [3.8, 4) is 0 Å². The highest BCUT2D eigenvalue weighted by Gasteiger charge is 2.32. The van der Waals surface area contributed by atoms with Crippen LogP contribution >= 0.6 is 11.3 Å². The highest BCUT2D eigenvalue weighted by Crippen LogP contribution is 2.28. The van der Waals surface area contributed by atoms with Gasteiger partial charge in [-0.2, -0.15) is 13.2 Å². The van der Waals surface area contributed by atoms with Crippen LogP contribution in [0.4, 0.5) is 24.8 Å². The van der Waals surface area contributed by atoms with Gasteiger partial charge in [0, 0.05) is 23.5 Å². The first kappa shape index (κ1) is 17.9. The molecule has 0 spiro atoms. The average Bonchev–Trinajstić information content (AvgIpc) is 2.98. The minimum Gasteiger partial charge on any atom is -0.324 e. The molecule has 3 rings (SSSR count). The van der Waals surface area contributed by atoms with Crippen LogP contribution in [0, 0.1) is 13.8 Å². The van der Waals surface area contributed by atoms with Crippen LogP contribution in [-0.2, 0) is 6.18 Å². The number of anilines is 2. The van der Waals surface area contributed by atoms with Gasteiger partial charge in [-0.1, -0.05) is 12.1 Å². The number of aromatic nitrogens is 3. The SMILES string of the molecule is Cc1cccc(Nc2nccc(C(F)(F)F)n2)c1.Cc1nccs1. The maximum Gasteiger partial charge on any atom is 0.433 e. The third-order valence-corrected chi connectivity index (χ3v) is 3.48. The highest BCUT2D eigenvalue weighted by molar-refractivity contribution is 7.09. The van der Waals surface area contributed by atoms with Crippen molar-refractivity contribution in [2.45, 2.75) is 20.0 Å². The minimum atomic E-state index is -4.47. The van der Waals surface area contributed by atoms with Gasteiger partial charge in [0.05, 0.1) is 5.01 Å². The number of halogens is 3. The first-order valence-electron chi connectivity index (χ1n) is 6.94. The normalized spacial score (nSPS) is 10.7. The average molecular weight is 352 g/mol. The lowest BCUT2D eigenvalue weighted by Crippen LogP contribution is -2.10. The summed E-state index contributed by atoms with van der Waals surface area (Å²) in [4.78, 5) is 11.1. The minimum absolute atomic E-state index is 0.0737. The molecule has 0 aliphatic carbocycles. The second-order valence-electron chi connectivity index (χ2n) is 4.81. The summed E-state index contributed by atoms with van der Waals surface area (Å²) in [5.41, 5.74) is 0.675. The smallest absolute Gasteiger partial charge is 0.324 e. The van der Waals surface area contributed by atoms with E-state index in [2.05, 4.69) is 20.3 Å². The molecule has 0 atom stereocenters. The number of aryl methyl sites for hydroxylation is 2. The van der Waals surface area contributed by atoms with E-state index in [1.54, 1.807) is 35.7 Å². The summed E-state index contributed by atoms with van der Waals surface area (Å²) in [6, 6.07) is 8.05. The highest BCUT2D eigenvalue weighted by atomic mass is 32.1. The molecule has 0 saturated carbocycles. The lowest BCUT2D eigenvalue weighted by atomic mass is 10.2. The Labute approximate surface area is 141 Å². The molecule has 0 amide bonds. The van der Waals surface area contributed by atoms with E-state index in [4.69, 9.17) is 0 Å². The summed E-state index contributed by atoms with van der Waals surface area (Å²) in [6.07, 6.45) is -1.58. The molecule has 2 aromatic heterocycles. The molecule has 1 N–H and O–H groups in total. The van der Waals surface area contributed by atoms with Crippen molar-refractivity contribution < 1.29 is 13.2 Å². The molecule has 0 unspecified atom stereocenters. The molecule has 1 aromatic carbocycles. The zero-order valence-corrected chi connectivity index (χ0v) is 13.8. The number of hydrogen-bond donors (Lipinski definition) is 1. The second-order valence-corrected chi connectivity index (χ2v) is 5.91. The molecule has 0 bridgehead atoms. The summed E-state index contributed by atoms with van der Waals surface area (Å²) in [6.45, 7) is 3.88. The van der Waals surface area contributed by atoms with Crippen molar-refractivity contribution in [3.05, 3.63) is 64.4 Å². The van der Waals surface area contributed by atoms with Gasteiger partial charge in [-0.3, -0.25) is 4.98 Å². The number of thiazole rings is 1. The van der Waals surface area contributed by atoms with E-state index in [0.29, 0.717) is 5.69 Å². The Balaban J connectivity index is 0.000000292. The molecule has 0 aliphatic heterocycles. The molecule has 24 heavy (non-hydrogen) atoms. The zero-order valence-electron chi connectivity index (χ0n) is 13.0. The first-order valence-corrected chi connectivity index (χ1v) is 7.82. The third kappa shape index (κ3) is 5.62. The van der Waals surface area contributed by atoms with Crippen LogP contribution in [0.2, 0.25) is 0 Å². The van der Waals surface area contributed by atoms with E-state index < -0.39 is 11.9 Å². The quantitative estimate of drug-likeness (QED) is 0.705. The Morgan fingerprint density at radius 3 is 2.38 bits per heavy atom. The molecule has 0 saturated heterocycles. The summed E-state index contributed by atoms with van der Waals surface area (Å²) >= 11 is 1.67. The Kier molecular flexibility index (Phi) is 5.86. The lowest BCUT2D eigenvalue weighted by Gasteiger charge is -2.08. The van der Waals surface area contributed by atoms with Crippen molar-refractivity contribution in [3.63, 3.8) is 0 Å². The number of benzene rings is 1. The Morgan fingerprint density at radius 1 is 1.04 bits per heavy atom. The van der Waals surface area contributed by atoms with Crippen molar-refractivity contribution in [1.29, 1.82) is 0 Å². The summed E-state index contributed by atoms with van der Waals surface area (Å²) in [5, 5.41) is 5.84. The molecule has 2 heterocycles. The maximum absolute atomic E-state index is 12.5. The van der Waals surface area contributed by atoms with Gasteiger partial charge in [-0.05, 0) is 37.6 Å². The molecular weight excluding hydrogens is 337 g/mol. The van der Waals surface area contributed by atoms with E-state index in [-0.39, 0.29) is 5.95 Å². The van der Waals surface area contributed by atoms with E-state index in [1.807, 2.05) is 25.3 Å². The third-order valence-electron chi connectivity index (χ3n) is 2.78. The van der Waals surface area contributed by atoms with Crippen molar-refractivity contribution >= 4 is 23.0 Å². The predicted molar refractivity (Wildman–Crippen MR) is 88.3 cm³/mol. The Morgan fingerprint density at radius 2 is 1.83 bits per heavy atom. The summed E-state index contributed by atoms with van der Waals surface area (Å²) in [5.74, 6) is -0.0737. The second kappa shape index (κ2) is 7.87. The molecule has 0 aliphatic rings. The fourth-order valence-electron chi connectivity index (χ4n) is 1.72. The van der Waals surface area contributed by atoms with Crippen LogP contribution in [0.3, 0.4) is 0 Å². The van der Waals surface area contributed by atoms with Gasteiger partial charge in [0.25, 0.3) is 0 Å². The van der Waals surface area contributed by atoms with Gasteiger partial charge in [0.2, 0.25) is 5.95 Å². The van der Waals surface area contributed by atoms with Crippen LogP contribution < -0.4 is 5.32 Å². The standard InChI is InChI=1S/C12H10F3N3.C4H5NS/c1-8-3-2-4-9(7-8)17-11-16-6-5-10(18-11)12(13,14)15;1-4-5-2-3-6-4/h2-7H,1H3,(H,16,17,18);2-3H,1H3. The number of nitrogens with zero attached hydrogens (tertiary/aromatic N) is 3. The summed E-state index contributed by atoms with van der Waals surface area (Å²) < 4.78 is 37.4. The lowest BCUT2D eigenvalue weighted by molar-refractivity contribution is -0.141. The van der Waals surface area contributed by atoms with Crippen LogP contribution in [0.5, 0.6) is 0 Å². The van der Waals surface area contributed by atoms with Gasteiger partial charge in [0.15, 0.2) is 0 Å². The molecule has 8 heteroatoms. The van der Waals surface area contributed by atoms with Crippen molar-refractivity contribution in [1.82, 2.24) is 15.0 Å². The van der Waals surface area contributed by atoms with E-state index in [0.717, 1.165) is 22.8 Å². The molecule has 126 valence electrons. The van der Waals surface area contributed by atoms with Crippen LogP contribution in [0.25, 0.3) is 0 Å². The van der Waals surface area contributed by atoms with Gasteiger partial charge < -0.3 is 5.32 Å².